The molecule has 216 valence electrons. The van der Waals surface area contributed by atoms with Gasteiger partial charge in [-0.1, -0.05) is 141 Å². The number of aromatic hydroxyl groups is 1. The minimum absolute atomic E-state index is 0.349. The highest BCUT2D eigenvalue weighted by Gasteiger charge is 2.15. The summed E-state index contributed by atoms with van der Waals surface area (Å²) >= 11 is 0. The minimum atomic E-state index is 0.349. The van der Waals surface area contributed by atoms with Gasteiger partial charge in [0.1, 0.15) is 22.5 Å². The van der Waals surface area contributed by atoms with Crippen LogP contribution in [0.4, 0.5) is 0 Å². The molecule has 0 atom stereocenters. The molecule has 3 aromatic rings. The summed E-state index contributed by atoms with van der Waals surface area (Å²) < 4.78 is 0. The topological polar surface area (TPSA) is 50.9 Å². The maximum atomic E-state index is 11.3. The molecule has 0 spiro atoms. The number of unbranched alkanes of at least 4 members (excludes halogenated alkanes) is 17. The molecule has 4 heteroatoms. The molecule has 39 heavy (non-hydrogen) atoms. The number of hydrogen-bond acceptors (Lipinski definition) is 3. The van der Waals surface area contributed by atoms with Crippen LogP contribution in [0.15, 0.2) is 36.4 Å². The average Bonchev–Trinajstić information content (AvgIpc) is 3.38. The van der Waals surface area contributed by atoms with Gasteiger partial charge in [0.2, 0.25) is 0 Å². The standard InChI is InChI=1S/C35H55N3O/c1-3-5-7-9-11-13-15-17-19-21-25-31-28-30(24-20-18-16-14-12-10-8-6-4-2)29-34(35(31)39)38-36-32-26-22-23-27-33(32)37-38/h22-23,26-29,39H,3-21,24-25H2,1-2H3. The van der Waals surface area contributed by atoms with E-state index >= 15 is 0 Å². The van der Waals surface area contributed by atoms with Crippen LogP contribution in [-0.4, -0.2) is 20.1 Å². The van der Waals surface area contributed by atoms with Crippen LogP contribution in [-0.2, 0) is 12.8 Å². The Balaban J connectivity index is 1.54. The fourth-order valence-electron chi connectivity index (χ4n) is 5.64. The Hall–Kier alpha value is -2.36. The Bertz CT molecular complexity index is 1020. The van der Waals surface area contributed by atoms with E-state index in [9.17, 15) is 5.11 Å². The fraction of sp³-hybridized carbons (Fsp3) is 0.657. The van der Waals surface area contributed by atoms with Crippen molar-refractivity contribution in [3.8, 4) is 11.4 Å². The number of hydrogen-bond donors (Lipinski definition) is 1. The lowest BCUT2D eigenvalue weighted by Crippen LogP contribution is -2.03. The normalized spacial score (nSPS) is 11.5. The molecule has 0 amide bonds. The summed E-state index contributed by atoms with van der Waals surface area (Å²) in [6.07, 6.45) is 27.2. The van der Waals surface area contributed by atoms with Crippen molar-refractivity contribution in [2.45, 2.75) is 149 Å². The summed E-state index contributed by atoms with van der Waals surface area (Å²) in [6.45, 7) is 4.56. The molecule has 0 aliphatic heterocycles. The van der Waals surface area contributed by atoms with Gasteiger partial charge in [0.25, 0.3) is 0 Å². The second-order valence-electron chi connectivity index (χ2n) is 11.6. The van der Waals surface area contributed by atoms with Crippen LogP contribution in [0.25, 0.3) is 16.7 Å². The number of benzene rings is 2. The quantitative estimate of drug-likeness (QED) is 0.131. The highest BCUT2D eigenvalue weighted by atomic mass is 16.3. The summed E-state index contributed by atoms with van der Waals surface area (Å²) in [4.78, 5) is 1.64. The van der Waals surface area contributed by atoms with Gasteiger partial charge in [0.05, 0.1) is 0 Å². The second-order valence-corrected chi connectivity index (χ2v) is 11.6. The Morgan fingerprint density at radius 3 is 1.49 bits per heavy atom. The number of rotatable bonds is 22. The van der Waals surface area contributed by atoms with Gasteiger partial charge in [-0.15, -0.1) is 15.0 Å². The highest BCUT2D eigenvalue weighted by Crippen LogP contribution is 2.30. The van der Waals surface area contributed by atoms with Gasteiger partial charge < -0.3 is 5.11 Å². The predicted octanol–water partition coefficient (Wildman–Crippen LogP) is 10.7. The summed E-state index contributed by atoms with van der Waals surface area (Å²) in [5.41, 5.74) is 4.80. The molecular weight excluding hydrogens is 478 g/mol. The highest BCUT2D eigenvalue weighted by molar-refractivity contribution is 5.73. The molecular formula is C35H55N3O. The zero-order valence-electron chi connectivity index (χ0n) is 25.1. The molecule has 0 unspecified atom stereocenters. The van der Waals surface area contributed by atoms with Crippen molar-refractivity contribution in [1.29, 1.82) is 0 Å². The summed E-state index contributed by atoms with van der Waals surface area (Å²) in [5.74, 6) is 0.349. The van der Waals surface area contributed by atoms with Crippen LogP contribution in [0.5, 0.6) is 5.75 Å². The summed E-state index contributed by atoms with van der Waals surface area (Å²) in [5, 5.41) is 20.6. The Labute approximate surface area is 238 Å². The lowest BCUT2D eigenvalue weighted by atomic mass is 9.98. The van der Waals surface area contributed by atoms with E-state index in [1.165, 1.54) is 121 Å². The number of phenolic OH excluding ortho intramolecular Hbond substituents is 1. The van der Waals surface area contributed by atoms with Crippen molar-refractivity contribution in [3.63, 3.8) is 0 Å². The molecule has 1 heterocycles. The van der Waals surface area contributed by atoms with Crippen LogP contribution in [0.3, 0.4) is 0 Å². The van der Waals surface area contributed by atoms with Gasteiger partial charge in [-0.25, -0.2) is 0 Å². The van der Waals surface area contributed by atoms with Gasteiger partial charge in [-0.2, -0.15) is 0 Å². The van der Waals surface area contributed by atoms with Gasteiger partial charge in [0.15, 0.2) is 0 Å². The monoisotopic (exact) mass is 533 g/mol. The first-order valence-corrected chi connectivity index (χ1v) is 16.4. The van der Waals surface area contributed by atoms with E-state index in [0.717, 1.165) is 41.5 Å². The van der Waals surface area contributed by atoms with E-state index < -0.39 is 0 Å². The molecule has 0 saturated carbocycles. The number of fused-ring (bicyclic) bond motifs is 1. The third-order valence-corrected chi connectivity index (χ3v) is 8.10. The van der Waals surface area contributed by atoms with E-state index in [0.29, 0.717) is 5.75 Å². The van der Waals surface area contributed by atoms with Gasteiger partial charge in [0, 0.05) is 0 Å². The first-order valence-electron chi connectivity index (χ1n) is 16.4. The van der Waals surface area contributed by atoms with Crippen LogP contribution < -0.4 is 0 Å². The van der Waals surface area contributed by atoms with Crippen molar-refractivity contribution in [3.05, 3.63) is 47.5 Å². The van der Waals surface area contributed by atoms with Crippen molar-refractivity contribution in [2.24, 2.45) is 0 Å². The summed E-state index contributed by atoms with van der Waals surface area (Å²) in [6, 6.07) is 12.3. The van der Waals surface area contributed by atoms with Crippen LogP contribution >= 0.6 is 0 Å². The van der Waals surface area contributed by atoms with E-state index in [1.54, 1.807) is 4.80 Å². The molecule has 0 bridgehead atoms. The molecule has 0 aliphatic carbocycles. The average molecular weight is 534 g/mol. The van der Waals surface area contributed by atoms with Crippen molar-refractivity contribution < 1.29 is 5.11 Å². The molecule has 2 aromatic carbocycles. The maximum absolute atomic E-state index is 11.3. The van der Waals surface area contributed by atoms with Crippen LogP contribution in [0.2, 0.25) is 0 Å². The smallest absolute Gasteiger partial charge is 0.146 e. The van der Waals surface area contributed by atoms with Crippen molar-refractivity contribution in [1.82, 2.24) is 15.0 Å². The van der Waals surface area contributed by atoms with Crippen molar-refractivity contribution in [2.75, 3.05) is 0 Å². The Kier molecular flexibility index (Phi) is 15.1. The zero-order valence-corrected chi connectivity index (χ0v) is 25.1. The number of nitrogens with zero attached hydrogens (tertiary/aromatic N) is 3. The maximum Gasteiger partial charge on any atom is 0.146 e. The number of aryl methyl sites for hydroxylation is 2. The molecule has 4 nitrogen and oxygen atoms in total. The molecule has 0 fully saturated rings. The molecule has 1 N–H and O–H groups in total. The van der Waals surface area contributed by atoms with E-state index in [1.807, 2.05) is 24.3 Å². The predicted molar refractivity (Wildman–Crippen MR) is 167 cm³/mol. The zero-order chi connectivity index (χ0) is 27.5. The number of aromatic nitrogens is 3. The van der Waals surface area contributed by atoms with Gasteiger partial charge in [-0.3, -0.25) is 0 Å². The van der Waals surface area contributed by atoms with Crippen LogP contribution in [0.1, 0.15) is 147 Å². The first-order chi connectivity index (χ1) is 19.2. The third kappa shape index (κ3) is 11.3. The summed E-state index contributed by atoms with van der Waals surface area (Å²) in [7, 11) is 0. The van der Waals surface area contributed by atoms with E-state index in [-0.39, 0.29) is 0 Å². The fourth-order valence-corrected chi connectivity index (χ4v) is 5.64. The Morgan fingerprint density at radius 2 is 1.00 bits per heavy atom. The molecule has 0 saturated heterocycles. The molecule has 0 aliphatic rings. The third-order valence-electron chi connectivity index (χ3n) is 8.10. The largest absolute Gasteiger partial charge is 0.505 e. The SMILES string of the molecule is CCCCCCCCCCCCc1cc(CCCCCCCCCCC)cc(-n2nc3ccccc3n2)c1O. The van der Waals surface area contributed by atoms with Crippen molar-refractivity contribution >= 4 is 11.0 Å². The minimum Gasteiger partial charge on any atom is -0.505 e. The lowest BCUT2D eigenvalue weighted by molar-refractivity contribution is 0.458. The molecule has 0 radical (unpaired) electrons. The number of phenols is 1. The molecule has 3 rings (SSSR count). The lowest BCUT2D eigenvalue weighted by Gasteiger charge is -2.13. The Morgan fingerprint density at radius 1 is 0.564 bits per heavy atom. The van der Waals surface area contributed by atoms with E-state index in [2.05, 4.69) is 36.2 Å². The first kappa shape index (κ1) is 31.2. The van der Waals surface area contributed by atoms with Gasteiger partial charge >= 0.3 is 0 Å². The van der Waals surface area contributed by atoms with Crippen LogP contribution in [0, 0.1) is 0 Å². The molecule has 1 aromatic heterocycles. The van der Waals surface area contributed by atoms with E-state index in [4.69, 9.17) is 0 Å². The van der Waals surface area contributed by atoms with Gasteiger partial charge in [-0.05, 0) is 55.0 Å². The second kappa shape index (κ2) is 18.8.